The summed E-state index contributed by atoms with van der Waals surface area (Å²) in [4.78, 5) is 25.6. The standard InChI is InChI=1S/C24H22N2O2S2/c27-22(15-8-9-15)26-21-14-17-5-2-1-4-16(17)13-20(21)23(28)25-19-7-3-6-18(12-19)24-29-10-11-30-24/h1-7,12-15,24H,8-11H2,(H,25,28)(H,26,27). The number of amides is 2. The minimum absolute atomic E-state index is 0.00314. The number of fused-ring (bicyclic) bond motifs is 1. The number of carbonyl (C=O) groups is 2. The van der Waals surface area contributed by atoms with E-state index in [-0.39, 0.29) is 17.7 Å². The summed E-state index contributed by atoms with van der Waals surface area (Å²) in [5.74, 6) is 2.18. The lowest BCUT2D eigenvalue weighted by atomic mass is 10.0. The van der Waals surface area contributed by atoms with E-state index in [0.717, 1.165) is 40.8 Å². The summed E-state index contributed by atoms with van der Waals surface area (Å²) in [6, 6.07) is 19.7. The van der Waals surface area contributed by atoms with Crippen molar-refractivity contribution >= 4 is 57.5 Å². The molecule has 3 aromatic rings. The Morgan fingerprint density at radius 2 is 1.57 bits per heavy atom. The molecule has 1 aliphatic carbocycles. The van der Waals surface area contributed by atoms with Gasteiger partial charge in [-0.2, -0.15) is 0 Å². The predicted octanol–water partition coefficient (Wildman–Crippen LogP) is 5.92. The van der Waals surface area contributed by atoms with Crippen LogP contribution in [0.5, 0.6) is 0 Å². The molecule has 2 amide bonds. The van der Waals surface area contributed by atoms with Crippen LogP contribution in [0.25, 0.3) is 10.8 Å². The van der Waals surface area contributed by atoms with Crippen LogP contribution >= 0.6 is 23.5 Å². The van der Waals surface area contributed by atoms with Crippen LogP contribution in [0.4, 0.5) is 11.4 Å². The molecule has 1 heterocycles. The zero-order valence-electron chi connectivity index (χ0n) is 16.4. The van der Waals surface area contributed by atoms with Crippen molar-refractivity contribution in [1.82, 2.24) is 0 Å². The summed E-state index contributed by atoms with van der Waals surface area (Å²) in [6.07, 6.45) is 1.84. The summed E-state index contributed by atoms with van der Waals surface area (Å²) in [5.41, 5.74) is 3.05. The first kappa shape index (κ1) is 19.5. The van der Waals surface area contributed by atoms with E-state index in [0.29, 0.717) is 15.8 Å². The SMILES string of the molecule is O=C(Nc1cccc(C2SCCS2)c1)c1cc2ccccc2cc1NC(=O)C1CC1. The summed E-state index contributed by atoms with van der Waals surface area (Å²) in [6.45, 7) is 0. The molecule has 1 saturated heterocycles. The quantitative estimate of drug-likeness (QED) is 0.523. The summed E-state index contributed by atoms with van der Waals surface area (Å²) < 4.78 is 0.427. The van der Waals surface area contributed by atoms with Gasteiger partial charge < -0.3 is 10.6 Å². The van der Waals surface area contributed by atoms with Crippen LogP contribution in [0.15, 0.2) is 60.7 Å². The van der Waals surface area contributed by atoms with E-state index in [1.807, 2.05) is 72.1 Å². The number of hydrogen-bond donors (Lipinski definition) is 2. The maximum absolute atomic E-state index is 13.2. The Kier molecular flexibility index (Phi) is 5.44. The van der Waals surface area contributed by atoms with Crippen LogP contribution in [0, 0.1) is 5.92 Å². The van der Waals surface area contributed by atoms with Crippen LogP contribution in [0.1, 0.15) is 33.3 Å². The Bertz CT molecular complexity index is 1120. The topological polar surface area (TPSA) is 58.2 Å². The molecule has 0 radical (unpaired) electrons. The number of hydrogen-bond acceptors (Lipinski definition) is 4. The summed E-state index contributed by atoms with van der Waals surface area (Å²) in [5, 5.41) is 7.99. The molecule has 0 bridgehead atoms. The molecular weight excluding hydrogens is 412 g/mol. The highest BCUT2D eigenvalue weighted by molar-refractivity contribution is 8.19. The van der Waals surface area contributed by atoms with E-state index >= 15 is 0 Å². The number of nitrogens with one attached hydrogen (secondary N) is 2. The lowest BCUT2D eigenvalue weighted by Crippen LogP contribution is -2.19. The second-order valence-electron chi connectivity index (χ2n) is 7.66. The van der Waals surface area contributed by atoms with Crippen LogP contribution < -0.4 is 10.6 Å². The van der Waals surface area contributed by atoms with Gasteiger partial charge in [-0.05, 0) is 53.4 Å². The number of carbonyl (C=O) groups excluding carboxylic acids is 2. The van der Waals surface area contributed by atoms with Gasteiger partial charge in [-0.25, -0.2) is 0 Å². The molecule has 30 heavy (non-hydrogen) atoms. The molecule has 152 valence electrons. The van der Waals surface area contributed by atoms with Crippen molar-refractivity contribution in [2.24, 2.45) is 5.92 Å². The van der Waals surface area contributed by atoms with E-state index < -0.39 is 0 Å². The van der Waals surface area contributed by atoms with Gasteiger partial charge in [-0.3, -0.25) is 9.59 Å². The van der Waals surface area contributed by atoms with Crippen LogP contribution in [-0.2, 0) is 4.79 Å². The third-order valence-electron chi connectivity index (χ3n) is 5.37. The van der Waals surface area contributed by atoms with Crippen LogP contribution in [0.2, 0.25) is 0 Å². The maximum atomic E-state index is 13.2. The summed E-state index contributed by atoms with van der Waals surface area (Å²) in [7, 11) is 0. The van der Waals surface area contributed by atoms with Crippen molar-refractivity contribution in [3.8, 4) is 0 Å². The van der Waals surface area contributed by atoms with Gasteiger partial charge in [0.25, 0.3) is 5.91 Å². The van der Waals surface area contributed by atoms with Crippen molar-refractivity contribution in [2.45, 2.75) is 17.4 Å². The third kappa shape index (κ3) is 4.20. The average molecular weight is 435 g/mol. The van der Waals surface area contributed by atoms with Gasteiger partial charge in [0.15, 0.2) is 0 Å². The average Bonchev–Trinajstić information content (AvgIpc) is 3.47. The molecule has 5 rings (SSSR count). The lowest BCUT2D eigenvalue weighted by Gasteiger charge is -2.14. The second kappa shape index (κ2) is 8.36. The Morgan fingerprint density at radius 1 is 0.833 bits per heavy atom. The third-order valence-corrected chi connectivity index (χ3v) is 8.48. The molecule has 0 spiro atoms. The highest BCUT2D eigenvalue weighted by Gasteiger charge is 2.30. The monoisotopic (exact) mass is 434 g/mol. The zero-order chi connectivity index (χ0) is 20.5. The molecule has 1 aliphatic heterocycles. The number of thioether (sulfide) groups is 2. The molecule has 6 heteroatoms. The fourth-order valence-electron chi connectivity index (χ4n) is 3.62. The minimum atomic E-state index is -0.212. The first-order chi connectivity index (χ1) is 14.7. The molecule has 2 fully saturated rings. The van der Waals surface area contributed by atoms with E-state index in [1.54, 1.807) is 0 Å². The number of anilines is 2. The molecule has 0 unspecified atom stereocenters. The molecule has 0 aromatic heterocycles. The van der Waals surface area contributed by atoms with E-state index in [9.17, 15) is 9.59 Å². The van der Waals surface area contributed by atoms with E-state index in [4.69, 9.17) is 0 Å². The van der Waals surface area contributed by atoms with Crippen molar-refractivity contribution in [1.29, 1.82) is 0 Å². The molecule has 2 aliphatic rings. The largest absolute Gasteiger partial charge is 0.325 e. The van der Waals surface area contributed by atoms with Gasteiger partial charge in [-0.1, -0.05) is 36.4 Å². The molecule has 3 aromatic carbocycles. The first-order valence-corrected chi connectivity index (χ1v) is 12.3. The Morgan fingerprint density at radius 3 is 2.30 bits per heavy atom. The number of benzene rings is 3. The lowest BCUT2D eigenvalue weighted by molar-refractivity contribution is -0.117. The fourth-order valence-corrected chi connectivity index (χ4v) is 6.46. The van der Waals surface area contributed by atoms with E-state index in [1.165, 1.54) is 5.56 Å². The summed E-state index contributed by atoms with van der Waals surface area (Å²) >= 11 is 3.88. The van der Waals surface area contributed by atoms with Crippen molar-refractivity contribution < 1.29 is 9.59 Å². The highest BCUT2D eigenvalue weighted by atomic mass is 32.2. The Labute approximate surface area is 184 Å². The minimum Gasteiger partial charge on any atom is -0.325 e. The van der Waals surface area contributed by atoms with Gasteiger partial charge in [-0.15, -0.1) is 23.5 Å². The van der Waals surface area contributed by atoms with Gasteiger partial charge >= 0.3 is 0 Å². The van der Waals surface area contributed by atoms with Crippen LogP contribution in [0.3, 0.4) is 0 Å². The van der Waals surface area contributed by atoms with Crippen LogP contribution in [-0.4, -0.2) is 23.3 Å². The van der Waals surface area contributed by atoms with Gasteiger partial charge in [0.05, 0.1) is 15.8 Å². The molecule has 4 nitrogen and oxygen atoms in total. The van der Waals surface area contributed by atoms with Crippen molar-refractivity contribution in [2.75, 3.05) is 22.1 Å². The van der Waals surface area contributed by atoms with Crippen molar-refractivity contribution in [3.05, 3.63) is 71.8 Å². The molecular formula is C24H22N2O2S2. The van der Waals surface area contributed by atoms with Crippen molar-refractivity contribution in [3.63, 3.8) is 0 Å². The smallest absolute Gasteiger partial charge is 0.257 e. The highest BCUT2D eigenvalue weighted by Crippen LogP contribution is 2.45. The zero-order valence-corrected chi connectivity index (χ0v) is 18.0. The van der Waals surface area contributed by atoms with E-state index in [2.05, 4.69) is 22.8 Å². The first-order valence-electron chi connectivity index (χ1n) is 10.2. The van der Waals surface area contributed by atoms with Gasteiger partial charge in [0.1, 0.15) is 0 Å². The number of rotatable bonds is 5. The van der Waals surface area contributed by atoms with Gasteiger partial charge in [0, 0.05) is 23.1 Å². The fraction of sp³-hybridized carbons (Fsp3) is 0.250. The second-order valence-corrected chi connectivity index (χ2v) is 10.4. The molecule has 1 saturated carbocycles. The Balaban J connectivity index is 1.44. The Hall–Kier alpha value is -2.44. The normalized spacial score (nSPS) is 16.5. The molecule has 0 atom stereocenters. The maximum Gasteiger partial charge on any atom is 0.257 e. The molecule has 2 N–H and O–H groups in total. The van der Waals surface area contributed by atoms with Gasteiger partial charge in [0.2, 0.25) is 5.91 Å². The predicted molar refractivity (Wildman–Crippen MR) is 127 cm³/mol.